The molecule has 0 unspecified atom stereocenters. The van der Waals surface area contributed by atoms with Crippen LogP contribution >= 0.6 is 11.6 Å². The number of hydrogen-bond donors (Lipinski definition) is 4. The van der Waals surface area contributed by atoms with Crippen LogP contribution in [0.3, 0.4) is 0 Å². The Bertz CT molecular complexity index is 989. The van der Waals surface area contributed by atoms with Crippen LogP contribution < -0.4 is 21.4 Å². The molecular formula is C30H46ClN5O3. The maximum Gasteiger partial charge on any atom is 0.257 e. The lowest BCUT2D eigenvalue weighted by atomic mass is 9.63. The minimum atomic E-state index is -0.713. The zero-order valence-electron chi connectivity index (χ0n) is 23.8. The molecule has 9 heteroatoms. The van der Waals surface area contributed by atoms with Gasteiger partial charge in [-0.15, -0.1) is 0 Å². The second-order valence-electron chi connectivity index (χ2n) is 12.7. The van der Waals surface area contributed by atoms with E-state index in [-0.39, 0.29) is 29.3 Å². The van der Waals surface area contributed by atoms with Crippen LogP contribution in [0.4, 0.5) is 0 Å². The van der Waals surface area contributed by atoms with E-state index in [1.54, 1.807) is 12.1 Å². The third-order valence-electron chi connectivity index (χ3n) is 8.61. The molecule has 8 nitrogen and oxygen atoms in total. The number of rotatable bonds is 8. The predicted molar refractivity (Wildman–Crippen MR) is 154 cm³/mol. The maximum absolute atomic E-state index is 13.7. The number of hydrogen-bond acceptors (Lipinski definition) is 5. The van der Waals surface area contributed by atoms with E-state index in [0.717, 1.165) is 37.8 Å². The highest BCUT2D eigenvalue weighted by Crippen LogP contribution is 2.46. The summed E-state index contributed by atoms with van der Waals surface area (Å²) in [6, 6.07) is 6.38. The van der Waals surface area contributed by atoms with Crippen molar-refractivity contribution in [3.63, 3.8) is 0 Å². The van der Waals surface area contributed by atoms with E-state index >= 15 is 0 Å². The molecule has 2 aliphatic heterocycles. The summed E-state index contributed by atoms with van der Waals surface area (Å²) in [5.41, 5.74) is 3.31. The molecule has 2 heterocycles. The fraction of sp³-hybridized carbons (Fsp3) is 0.700. The molecule has 0 bridgehead atoms. The van der Waals surface area contributed by atoms with Gasteiger partial charge in [-0.05, 0) is 89.5 Å². The fourth-order valence-electron chi connectivity index (χ4n) is 6.44. The van der Waals surface area contributed by atoms with Crippen LogP contribution in [-0.4, -0.2) is 60.0 Å². The molecular weight excluding hydrogens is 514 g/mol. The van der Waals surface area contributed by atoms with E-state index in [9.17, 15) is 14.4 Å². The minimum absolute atomic E-state index is 0.143. The fourth-order valence-corrected chi connectivity index (χ4v) is 6.56. The molecule has 1 aliphatic carbocycles. The van der Waals surface area contributed by atoms with Gasteiger partial charge in [-0.2, -0.15) is 0 Å². The van der Waals surface area contributed by atoms with Gasteiger partial charge in [-0.3, -0.25) is 19.8 Å². The standard InChI is InChI=1S/C30H46ClN5O3/c1-29(2,3)34-28(39)30(22-8-5-4-6-9-22)15-18-36(19-16-30)35-27(38)25(20-21-11-13-23(31)14-12-21)33-26(37)24-10-7-17-32-24/h11-14,22,24-25,32H,4-10,15-20H2,1-3H3,(H,33,37)(H,34,39)(H,35,38)/t24-,25-/m1/s1. The Kier molecular flexibility index (Phi) is 9.94. The molecule has 2 saturated heterocycles. The van der Waals surface area contributed by atoms with Crippen molar-refractivity contribution >= 4 is 29.3 Å². The first-order chi connectivity index (χ1) is 18.6. The zero-order valence-corrected chi connectivity index (χ0v) is 24.5. The second kappa shape index (κ2) is 13.0. The number of carbonyl (C=O) groups is 3. The van der Waals surface area contributed by atoms with Crippen molar-refractivity contribution in [1.82, 2.24) is 26.4 Å². The van der Waals surface area contributed by atoms with E-state index in [1.807, 2.05) is 37.9 Å². The van der Waals surface area contributed by atoms with Crippen LogP contribution in [-0.2, 0) is 20.8 Å². The van der Waals surface area contributed by atoms with Crippen LogP contribution in [0.5, 0.6) is 0 Å². The number of carbonyl (C=O) groups excluding carboxylic acids is 3. The Balaban J connectivity index is 1.43. The van der Waals surface area contributed by atoms with Gasteiger partial charge in [0.15, 0.2) is 0 Å². The number of piperidine rings is 1. The summed E-state index contributed by atoms with van der Waals surface area (Å²) in [4.78, 5) is 40.1. The molecule has 0 aromatic heterocycles. The van der Waals surface area contributed by atoms with Crippen LogP contribution in [0.15, 0.2) is 24.3 Å². The third-order valence-corrected chi connectivity index (χ3v) is 8.87. The Morgan fingerprint density at radius 2 is 1.69 bits per heavy atom. The molecule has 1 saturated carbocycles. The number of nitrogens with zero attached hydrogens (tertiary/aromatic N) is 1. The molecule has 4 rings (SSSR count). The summed E-state index contributed by atoms with van der Waals surface area (Å²) in [5, 5.41) is 12.0. The largest absolute Gasteiger partial charge is 0.351 e. The topological polar surface area (TPSA) is 103 Å². The van der Waals surface area contributed by atoms with Crippen molar-refractivity contribution < 1.29 is 14.4 Å². The molecule has 1 aromatic carbocycles. The average molecular weight is 560 g/mol. The Morgan fingerprint density at radius 1 is 1.03 bits per heavy atom. The monoisotopic (exact) mass is 559 g/mol. The lowest BCUT2D eigenvalue weighted by molar-refractivity contribution is -0.143. The molecule has 0 spiro atoms. The molecule has 216 valence electrons. The highest BCUT2D eigenvalue weighted by Gasteiger charge is 2.48. The van der Waals surface area contributed by atoms with Crippen LogP contribution in [0.1, 0.15) is 84.1 Å². The van der Waals surface area contributed by atoms with Crippen molar-refractivity contribution in [2.45, 2.75) is 103 Å². The number of benzene rings is 1. The van der Waals surface area contributed by atoms with Crippen molar-refractivity contribution in [3.8, 4) is 0 Å². The van der Waals surface area contributed by atoms with Crippen LogP contribution in [0.2, 0.25) is 5.02 Å². The SMILES string of the molecule is CC(C)(C)NC(=O)C1(C2CCCCC2)CCN(NC(=O)[C@@H](Cc2ccc(Cl)cc2)NC(=O)[C@H]2CCCN2)CC1. The first-order valence-corrected chi connectivity index (χ1v) is 15.1. The molecule has 3 fully saturated rings. The van der Waals surface area contributed by atoms with Crippen molar-refractivity contribution in [3.05, 3.63) is 34.9 Å². The minimum Gasteiger partial charge on any atom is -0.351 e. The molecule has 4 N–H and O–H groups in total. The second-order valence-corrected chi connectivity index (χ2v) is 13.1. The molecule has 2 atom stereocenters. The normalized spacial score (nSPS) is 23.1. The zero-order chi connectivity index (χ0) is 28.0. The van der Waals surface area contributed by atoms with Gasteiger partial charge in [0, 0.05) is 30.1 Å². The molecule has 3 aliphatic rings. The third kappa shape index (κ3) is 7.95. The van der Waals surface area contributed by atoms with Gasteiger partial charge in [-0.25, -0.2) is 5.01 Å². The number of nitrogens with one attached hydrogen (secondary N) is 4. The lowest BCUT2D eigenvalue weighted by Crippen LogP contribution is -2.60. The summed E-state index contributed by atoms with van der Waals surface area (Å²) >= 11 is 6.05. The summed E-state index contributed by atoms with van der Waals surface area (Å²) < 4.78 is 0. The molecule has 1 aromatic rings. The van der Waals surface area contributed by atoms with Crippen molar-refractivity contribution in [1.29, 1.82) is 0 Å². The van der Waals surface area contributed by atoms with Gasteiger partial charge in [0.1, 0.15) is 6.04 Å². The van der Waals surface area contributed by atoms with Gasteiger partial charge >= 0.3 is 0 Å². The molecule has 39 heavy (non-hydrogen) atoms. The van der Waals surface area contributed by atoms with Crippen LogP contribution in [0.25, 0.3) is 0 Å². The molecule has 3 amide bonds. The maximum atomic E-state index is 13.7. The summed E-state index contributed by atoms with van der Waals surface area (Å²) in [5.74, 6) is 0.156. The summed E-state index contributed by atoms with van der Waals surface area (Å²) in [7, 11) is 0. The first kappa shape index (κ1) is 29.8. The highest BCUT2D eigenvalue weighted by molar-refractivity contribution is 6.30. The number of halogens is 1. The smallest absolute Gasteiger partial charge is 0.257 e. The number of amides is 3. The quantitative estimate of drug-likeness (QED) is 0.389. The average Bonchev–Trinajstić information content (AvgIpc) is 3.45. The number of hydrazine groups is 1. The van der Waals surface area contributed by atoms with Gasteiger partial charge in [0.25, 0.3) is 5.91 Å². The van der Waals surface area contributed by atoms with Gasteiger partial charge in [0.05, 0.1) is 11.5 Å². The molecule has 0 radical (unpaired) electrons. The van der Waals surface area contributed by atoms with Gasteiger partial charge in [0.2, 0.25) is 11.8 Å². The van der Waals surface area contributed by atoms with Crippen molar-refractivity contribution in [2.24, 2.45) is 11.3 Å². The van der Waals surface area contributed by atoms with E-state index in [2.05, 4.69) is 21.4 Å². The Hall–Kier alpha value is -2.16. The highest BCUT2D eigenvalue weighted by atomic mass is 35.5. The first-order valence-electron chi connectivity index (χ1n) is 14.7. The summed E-state index contributed by atoms with van der Waals surface area (Å²) in [6.07, 6.45) is 9.29. The Morgan fingerprint density at radius 3 is 2.28 bits per heavy atom. The van der Waals surface area contributed by atoms with E-state index < -0.39 is 11.5 Å². The van der Waals surface area contributed by atoms with Crippen molar-refractivity contribution in [2.75, 3.05) is 19.6 Å². The Labute approximate surface area is 238 Å². The van der Waals surface area contributed by atoms with E-state index in [4.69, 9.17) is 11.6 Å². The van der Waals surface area contributed by atoms with Crippen LogP contribution in [0, 0.1) is 11.3 Å². The lowest BCUT2D eigenvalue weighted by Gasteiger charge is -2.47. The summed E-state index contributed by atoms with van der Waals surface area (Å²) in [6.45, 7) is 8.11. The van der Waals surface area contributed by atoms with Gasteiger partial charge in [-0.1, -0.05) is 43.0 Å². The van der Waals surface area contributed by atoms with E-state index in [0.29, 0.717) is 43.3 Å². The van der Waals surface area contributed by atoms with E-state index in [1.165, 1.54) is 19.3 Å². The predicted octanol–water partition coefficient (Wildman–Crippen LogP) is 3.73. The van der Waals surface area contributed by atoms with Gasteiger partial charge < -0.3 is 16.0 Å².